The third-order valence-corrected chi connectivity index (χ3v) is 5.11. The van der Waals surface area contributed by atoms with Crippen LogP contribution in [-0.2, 0) is 0 Å². The molecule has 0 saturated heterocycles. The van der Waals surface area contributed by atoms with Crippen molar-refractivity contribution >= 4 is 60.8 Å². The van der Waals surface area contributed by atoms with E-state index in [0.717, 1.165) is 5.00 Å². The van der Waals surface area contributed by atoms with Gasteiger partial charge < -0.3 is 5.73 Å². The van der Waals surface area contributed by atoms with Crippen molar-refractivity contribution in [3.8, 4) is 0 Å². The van der Waals surface area contributed by atoms with E-state index in [1.165, 1.54) is 18.6 Å². The third-order valence-electron chi connectivity index (χ3n) is 1.86. The Morgan fingerprint density at radius 3 is 2.92 bits per heavy atom. The van der Waals surface area contributed by atoms with E-state index >= 15 is 0 Å². The second kappa shape index (κ2) is 3.67. The number of fused-ring (bicyclic) bond motifs is 1. The number of rotatable bonds is 1. The van der Waals surface area contributed by atoms with E-state index < -0.39 is 0 Å². The quantitative estimate of drug-likeness (QED) is 0.638. The van der Waals surface area contributed by atoms with Crippen LogP contribution in [0.25, 0.3) is 10.1 Å². The van der Waals surface area contributed by atoms with Crippen molar-refractivity contribution < 1.29 is 0 Å². The molecule has 4 heteroatoms. The first kappa shape index (κ1) is 9.61. The fraction of sp³-hybridized carbons (Fsp3) is 0.111. The highest BCUT2D eigenvalue weighted by Crippen LogP contribution is 2.39. The summed E-state index contributed by atoms with van der Waals surface area (Å²) >= 11 is 5.76. The van der Waals surface area contributed by atoms with Gasteiger partial charge in [-0.05, 0) is 41.0 Å². The lowest BCUT2D eigenvalue weighted by Crippen LogP contribution is -1.81. The van der Waals surface area contributed by atoms with E-state index in [1.54, 1.807) is 23.1 Å². The second-order valence-electron chi connectivity index (χ2n) is 2.61. The smallest absolute Gasteiger partial charge is 0.100 e. The van der Waals surface area contributed by atoms with Gasteiger partial charge in [0.1, 0.15) is 5.00 Å². The van der Waals surface area contributed by atoms with Crippen molar-refractivity contribution in [2.75, 3.05) is 12.0 Å². The molecule has 0 radical (unpaired) electrons. The Kier molecular flexibility index (Phi) is 2.71. The van der Waals surface area contributed by atoms with Crippen molar-refractivity contribution in [3.63, 3.8) is 0 Å². The molecule has 0 spiro atoms. The molecule has 0 saturated carbocycles. The van der Waals surface area contributed by atoms with Crippen molar-refractivity contribution in [1.82, 2.24) is 0 Å². The highest BCUT2D eigenvalue weighted by Gasteiger charge is 2.09. The van der Waals surface area contributed by atoms with E-state index in [2.05, 4.69) is 47.0 Å². The molecule has 0 aliphatic carbocycles. The Bertz CT molecular complexity index is 450. The number of benzene rings is 1. The Hall–Kier alpha value is 0.0600. The predicted octanol–water partition coefficient (Wildman–Crippen LogP) is 3.81. The van der Waals surface area contributed by atoms with Crippen LogP contribution in [0, 0.1) is 3.57 Å². The van der Waals surface area contributed by atoms with Crippen molar-refractivity contribution in [2.24, 2.45) is 0 Å². The molecule has 0 bridgehead atoms. The second-order valence-corrected chi connectivity index (χ2v) is 5.62. The van der Waals surface area contributed by atoms with Gasteiger partial charge in [0, 0.05) is 15.0 Å². The van der Waals surface area contributed by atoms with Gasteiger partial charge in [-0.25, -0.2) is 0 Å². The highest BCUT2D eigenvalue weighted by molar-refractivity contribution is 14.1. The molecule has 1 heterocycles. The number of thiophene rings is 1. The Morgan fingerprint density at radius 1 is 1.46 bits per heavy atom. The van der Waals surface area contributed by atoms with Crippen LogP contribution in [0.15, 0.2) is 23.1 Å². The molecular formula is C9H8INS2. The molecule has 68 valence electrons. The average Bonchev–Trinajstić information content (AvgIpc) is 2.43. The monoisotopic (exact) mass is 321 g/mol. The predicted molar refractivity (Wildman–Crippen MR) is 70.7 cm³/mol. The summed E-state index contributed by atoms with van der Waals surface area (Å²) in [4.78, 5) is 1.31. The summed E-state index contributed by atoms with van der Waals surface area (Å²) < 4.78 is 2.48. The highest BCUT2D eigenvalue weighted by atomic mass is 127. The van der Waals surface area contributed by atoms with Gasteiger partial charge in [0.15, 0.2) is 0 Å². The summed E-state index contributed by atoms with van der Waals surface area (Å²) in [5.74, 6) is 0. The summed E-state index contributed by atoms with van der Waals surface area (Å²) in [7, 11) is 0. The van der Waals surface area contributed by atoms with E-state index in [0.29, 0.717) is 0 Å². The SMILES string of the molecule is CSc1cccc2sc(N)c(I)c12. The lowest BCUT2D eigenvalue weighted by Gasteiger charge is -1.98. The zero-order chi connectivity index (χ0) is 9.42. The number of hydrogen-bond acceptors (Lipinski definition) is 3. The number of nitrogen functional groups attached to an aromatic ring is 1. The van der Waals surface area contributed by atoms with Crippen LogP contribution in [-0.4, -0.2) is 6.26 Å². The van der Waals surface area contributed by atoms with E-state index in [1.807, 2.05) is 0 Å². The number of anilines is 1. The first-order valence-electron chi connectivity index (χ1n) is 3.74. The van der Waals surface area contributed by atoms with Gasteiger partial charge in [-0.2, -0.15) is 0 Å². The summed E-state index contributed by atoms with van der Waals surface area (Å²) in [6.07, 6.45) is 2.10. The summed E-state index contributed by atoms with van der Waals surface area (Å²) in [6, 6.07) is 6.35. The van der Waals surface area contributed by atoms with Crippen LogP contribution < -0.4 is 5.73 Å². The molecule has 13 heavy (non-hydrogen) atoms. The topological polar surface area (TPSA) is 26.0 Å². The summed E-state index contributed by atoms with van der Waals surface area (Å²) in [5.41, 5.74) is 5.88. The number of nitrogens with two attached hydrogens (primary N) is 1. The average molecular weight is 321 g/mol. The van der Waals surface area contributed by atoms with Crippen molar-refractivity contribution in [1.29, 1.82) is 0 Å². The molecule has 0 aliphatic heterocycles. The van der Waals surface area contributed by atoms with Crippen LogP contribution in [0.3, 0.4) is 0 Å². The first-order chi connectivity index (χ1) is 6.24. The van der Waals surface area contributed by atoms with Crippen LogP contribution in [0.2, 0.25) is 0 Å². The largest absolute Gasteiger partial charge is 0.390 e. The molecule has 2 aromatic rings. The fourth-order valence-electron chi connectivity index (χ4n) is 1.27. The maximum atomic E-state index is 5.88. The molecule has 0 amide bonds. The van der Waals surface area contributed by atoms with Gasteiger partial charge in [0.25, 0.3) is 0 Å². The molecular weight excluding hydrogens is 313 g/mol. The molecule has 2 N–H and O–H groups in total. The van der Waals surface area contributed by atoms with Crippen LogP contribution >= 0.6 is 45.7 Å². The normalized spacial score (nSPS) is 10.9. The number of hydrogen-bond donors (Lipinski definition) is 1. The molecule has 1 aromatic carbocycles. The van der Waals surface area contributed by atoms with Crippen molar-refractivity contribution in [3.05, 3.63) is 21.8 Å². The molecule has 0 atom stereocenters. The Morgan fingerprint density at radius 2 is 2.23 bits per heavy atom. The zero-order valence-corrected chi connectivity index (χ0v) is 10.8. The van der Waals surface area contributed by atoms with Crippen LogP contribution in [0.4, 0.5) is 5.00 Å². The maximum absolute atomic E-state index is 5.88. The summed E-state index contributed by atoms with van der Waals surface area (Å²) in [6.45, 7) is 0. The lowest BCUT2D eigenvalue weighted by atomic mass is 10.3. The minimum Gasteiger partial charge on any atom is -0.390 e. The standard InChI is InChI=1S/C9H8INS2/c1-12-5-3-2-4-6-7(5)8(10)9(11)13-6/h2-4H,11H2,1H3. The van der Waals surface area contributed by atoms with Gasteiger partial charge in [0.2, 0.25) is 0 Å². The lowest BCUT2D eigenvalue weighted by molar-refractivity contribution is 1.57. The Balaban J connectivity index is 2.87. The molecule has 0 fully saturated rings. The van der Waals surface area contributed by atoms with E-state index in [4.69, 9.17) is 5.73 Å². The van der Waals surface area contributed by atoms with Gasteiger partial charge >= 0.3 is 0 Å². The molecule has 0 aliphatic rings. The maximum Gasteiger partial charge on any atom is 0.100 e. The van der Waals surface area contributed by atoms with Crippen LogP contribution in [0.5, 0.6) is 0 Å². The van der Waals surface area contributed by atoms with E-state index in [9.17, 15) is 0 Å². The fourth-order valence-corrected chi connectivity index (χ4v) is 4.13. The van der Waals surface area contributed by atoms with Gasteiger partial charge in [-0.15, -0.1) is 23.1 Å². The molecule has 1 aromatic heterocycles. The minimum absolute atomic E-state index is 0.928. The Labute approximate surface area is 98.8 Å². The van der Waals surface area contributed by atoms with Crippen molar-refractivity contribution in [2.45, 2.75) is 4.90 Å². The number of thioether (sulfide) groups is 1. The molecule has 0 unspecified atom stereocenters. The van der Waals surface area contributed by atoms with Crippen LogP contribution in [0.1, 0.15) is 0 Å². The third kappa shape index (κ3) is 1.55. The first-order valence-corrected chi connectivity index (χ1v) is 6.86. The minimum atomic E-state index is 0.928. The van der Waals surface area contributed by atoms with Gasteiger partial charge in [-0.1, -0.05) is 6.07 Å². The summed E-state index contributed by atoms with van der Waals surface area (Å²) in [5, 5.41) is 2.25. The zero-order valence-electron chi connectivity index (χ0n) is 7.00. The molecule has 2 rings (SSSR count). The van der Waals surface area contributed by atoms with E-state index in [-0.39, 0.29) is 0 Å². The van der Waals surface area contributed by atoms with Gasteiger partial charge in [-0.3, -0.25) is 0 Å². The number of halogens is 1. The molecule has 1 nitrogen and oxygen atoms in total. The van der Waals surface area contributed by atoms with Gasteiger partial charge in [0.05, 0.1) is 3.57 Å².